The molecule has 7 heteroatoms. The molecule has 0 radical (unpaired) electrons. The van der Waals surface area contributed by atoms with Gasteiger partial charge in [0, 0.05) is 24.4 Å². The lowest BCUT2D eigenvalue weighted by Crippen LogP contribution is -2.19. The van der Waals surface area contributed by atoms with Crippen molar-refractivity contribution in [1.29, 1.82) is 0 Å². The molecule has 170 valence electrons. The number of carbonyl (C=O) groups excluding carboxylic acids is 1. The lowest BCUT2D eigenvalue weighted by Gasteiger charge is -2.07. The molecule has 34 heavy (non-hydrogen) atoms. The van der Waals surface area contributed by atoms with Crippen molar-refractivity contribution in [3.05, 3.63) is 117 Å². The van der Waals surface area contributed by atoms with Gasteiger partial charge in [0.05, 0.1) is 11.4 Å². The fourth-order valence-electron chi connectivity index (χ4n) is 3.35. The van der Waals surface area contributed by atoms with Gasteiger partial charge in [-0.3, -0.25) is 9.48 Å². The average Bonchev–Trinajstić information content (AvgIpc) is 3.06. The topological polar surface area (TPSA) is 65.6 Å². The number of aliphatic imine (C=N–C) groups is 1. The predicted molar refractivity (Wildman–Crippen MR) is 136 cm³/mol. The predicted octanol–water partition coefficient (Wildman–Crippen LogP) is 5.51. The zero-order valence-corrected chi connectivity index (χ0v) is 19.4. The second kappa shape index (κ2) is 10.2. The Balaban J connectivity index is 1.45. The van der Waals surface area contributed by atoms with E-state index in [2.05, 4.69) is 4.99 Å². The lowest BCUT2D eigenvalue weighted by atomic mass is 10.2. The van der Waals surface area contributed by atoms with Crippen LogP contribution in [0.3, 0.4) is 0 Å². The summed E-state index contributed by atoms with van der Waals surface area (Å²) in [7, 11) is 1.83. The van der Waals surface area contributed by atoms with Crippen LogP contribution in [0.5, 0.6) is 5.75 Å². The van der Waals surface area contributed by atoms with E-state index in [9.17, 15) is 9.59 Å². The van der Waals surface area contributed by atoms with E-state index in [1.165, 1.54) is 6.08 Å². The second-order valence-corrected chi connectivity index (χ2v) is 7.98. The maximum Gasteiger partial charge on any atom is 0.336 e. The molecule has 4 rings (SSSR count). The number of rotatable bonds is 6. The van der Waals surface area contributed by atoms with Crippen molar-refractivity contribution in [2.75, 3.05) is 0 Å². The number of esters is 1. The van der Waals surface area contributed by atoms with E-state index >= 15 is 0 Å². The number of carbonyl (C=O) groups is 1. The van der Waals surface area contributed by atoms with Gasteiger partial charge >= 0.3 is 5.97 Å². The largest absolute Gasteiger partial charge is 0.423 e. The number of hydrogen-bond acceptors (Lipinski definition) is 4. The average molecular weight is 472 g/mol. The van der Waals surface area contributed by atoms with Crippen LogP contribution in [0.15, 0.2) is 94.7 Å². The quantitative estimate of drug-likeness (QED) is 0.161. The maximum absolute atomic E-state index is 12.9. The summed E-state index contributed by atoms with van der Waals surface area (Å²) < 4.78 is 8.70. The van der Waals surface area contributed by atoms with Crippen molar-refractivity contribution >= 4 is 35.5 Å². The minimum Gasteiger partial charge on any atom is -0.423 e. The summed E-state index contributed by atoms with van der Waals surface area (Å²) in [5.74, 6) is -0.0806. The highest BCUT2D eigenvalue weighted by Gasteiger charge is 2.14. The van der Waals surface area contributed by atoms with Gasteiger partial charge in [0.1, 0.15) is 5.75 Å². The van der Waals surface area contributed by atoms with E-state index in [1.807, 2.05) is 56.4 Å². The van der Waals surface area contributed by atoms with E-state index in [4.69, 9.17) is 16.3 Å². The molecule has 4 aromatic rings. The van der Waals surface area contributed by atoms with Gasteiger partial charge in [0.2, 0.25) is 0 Å². The number of ether oxygens (including phenoxy) is 1. The minimum atomic E-state index is -0.488. The molecule has 3 aromatic carbocycles. The van der Waals surface area contributed by atoms with E-state index in [0.717, 1.165) is 22.5 Å². The third kappa shape index (κ3) is 5.24. The second-order valence-electron chi connectivity index (χ2n) is 7.54. The Morgan fingerprint density at radius 1 is 0.941 bits per heavy atom. The Kier molecular flexibility index (Phi) is 6.90. The van der Waals surface area contributed by atoms with Crippen molar-refractivity contribution < 1.29 is 9.53 Å². The van der Waals surface area contributed by atoms with Gasteiger partial charge in [-0.15, -0.1) is 0 Å². The monoisotopic (exact) mass is 471 g/mol. The third-order valence-corrected chi connectivity index (χ3v) is 5.50. The standard InChI is InChI=1S/C27H22ClN3O3/c1-19-26(27(33)31(30(19)2)23-6-4-3-5-7-23)29-18-21-10-15-24(16-11-21)34-25(32)17-12-20-8-13-22(28)14-9-20/h3-18H,1-2H3. The van der Waals surface area contributed by atoms with E-state index < -0.39 is 5.97 Å². The molecule has 0 aliphatic rings. The van der Waals surface area contributed by atoms with Gasteiger partial charge in [0.25, 0.3) is 5.56 Å². The molecule has 1 aromatic heterocycles. The summed E-state index contributed by atoms with van der Waals surface area (Å²) in [5.41, 5.74) is 3.31. The zero-order chi connectivity index (χ0) is 24.1. The number of nitrogens with zero attached hydrogens (tertiary/aromatic N) is 3. The molecule has 0 unspecified atom stereocenters. The van der Waals surface area contributed by atoms with Gasteiger partial charge in [-0.05, 0) is 72.7 Å². The van der Waals surface area contributed by atoms with Crippen LogP contribution in [0, 0.1) is 6.92 Å². The molecule has 0 aliphatic heterocycles. The van der Waals surface area contributed by atoms with Crippen molar-refractivity contribution in [2.45, 2.75) is 6.92 Å². The van der Waals surface area contributed by atoms with Crippen molar-refractivity contribution in [1.82, 2.24) is 9.36 Å². The molecule has 0 fully saturated rings. The molecule has 0 atom stereocenters. The van der Waals surface area contributed by atoms with Crippen LogP contribution in [0.4, 0.5) is 5.69 Å². The van der Waals surface area contributed by atoms with Gasteiger partial charge in [-0.2, -0.15) is 0 Å². The normalized spacial score (nSPS) is 11.4. The Bertz CT molecular complexity index is 1420. The fourth-order valence-corrected chi connectivity index (χ4v) is 3.48. The summed E-state index contributed by atoms with van der Waals surface area (Å²) in [6.07, 6.45) is 4.63. The first-order chi connectivity index (χ1) is 16.4. The molecule has 0 aliphatic carbocycles. The minimum absolute atomic E-state index is 0.194. The van der Waals surface area contributed by atoms with Crippen molar-refractivity contribution in [2.24, 2.45) is 12.0 Å². The first-order valence-corrected chi connectivity index (χ1v) is 10.9. The van der Waals surface area contributed by atoms with Gasteiger partial charge in [-0.25, -0.2) is 14.5 Å². The highest BCUT2D eigenvalue weighted by molar-refractivity contribution is 6.30. The van der Waals surface area contributed by atoms with Crippen LogP contribution in [-0.4, -0.2) is 21.5 Å². The number of hydrogen-bond donors (Lipinski definition) is 0. The molecule has 0 saturated carbocycles. The molecule has 0 bridgehead atoms. The van der Waals surface area contributed by atoms with E-state index in [1.54, 1.807) is 58.1 Å². The van der Waals surface area contributed by atoms with Gasteiger partial charge in [-0.1, -0.05) is 41.9 Å². The summed E-state index contributed by atoms with van der Waals surface area (Å²) >= 11 is 5.86. The Hall–Kier alpha value is -4.16. The molecular formula is C27H22ClN3O3. The number of aromatic nitrogens is 2. The van der Waals surface area contributed by atoms with Crippen LogP contribution >= 0.6 is 11.6 Å². The first-order valence-electron chi connectivity index (χ1n) is 10.6. The van der Waals surface area contributed by atoms with Crippen LogP contribution in [0.25, 0.3) is 11.8 Å². The Morgan fingerprint density at radius 2 is 1.59 bits per heavy atom. The summed E-state index contributed by atoms with van der Waals surface area (Å²) in [5, 5.41) is 0.632. The lowest BCUT2D eigenvalue weighted by molar-refractivity contribution is -0.128. The molecule has 0 spiro atoms. The number of benzene rings is 3. The zero-order valence-electron chi connectivity index (χ0n) is 18.7. The highest BCUT2D eigenvalue weighted by Crippen LogP contribution is 2.18. The summed E-state index contributed by atoms with van der Waals surface area (Å²) in [4.78, 5) is 29.5. The highest BCUT2D eigenvalue weighted by atomic mass is 35.5. The smallest absolute Gasteiger partial charge is 0.336 e. The first kappa shape index (κ1) is 23.0. The van der Waals surface area contributed by atoms with Gasteiger partial charge < -0.3 is 4.74 Å². The van der Waals surface area contributed by atoms with E-state index in [0.29, 0.717) is 16.5 Å². The van der Waals surface area contributed by atoms with Crippen LogP contribution in [-0.2, 0) is 11.8 Å². The van der Waals surface area contributed by atoms with Gasteiger partial charge in [0.15, 0.2) is 5.69 Å². The van der Waals surface area contributed by atoms with Crippen LogP contribution in [0.2, 0.25) is 5.02 Å². The third-order valence-electron chi connectivity index (χ3n) is 5.25. The summed E-state index contributed by atoms with van der Waals surface area (Å²) in [6.45, 7) is 1.85. The molecule has 1 heterocycles. The number of halogens is 1. The Labute approximate surface area is 202 Å². The maximum atomic E-state index is 12.9. The number of para-hydroxylation sites is 1. The SMILES string of the molecule is Cc1c(N=Cc2ccc(OC(=O)C=Cc3ccc(Cl)cc3)cc2)c(=O)n(-c2ccccc2)n1C. The molecule has 0 amide bonds. The molecule has 0 saturated heterocycles. The molecule has 6 nitrogen and oxygen atoms in total. The Morgan fingerprint density at radius 3 is 2.26 bits per heavy atom. The molecule has 0 N–H and O–H groups in total. The molecular weight excluding hydrogens is 450 g/mol. The van der Waals surface area contributed by atoms with Crippen LogP contribution < -0.4 is 10.3 Å². The fraction of sp³-hybridized carbons (Fsp3) is 0.0741. The van der Waals surface area contributed by atoms with Crippen LogP contribution in [0.1, 0.15) is 16.8 Å². The van der Waals surface area contributed by atoms with Crippen molar-refractivity contribution in [3.63, 3.8) is 0 Å². The van der Waals surface area contributed by atoms with E-state index in [-0.39, 0.29) is 5.56 Å². The summed E-state index contributed by atoms with van der Waals surface area (Å²) in [6, 6.07) is 23.4. The van der Waals surface area contributed by atoms with Crippen molar-refractivity contribution in [3.8, 4) is 11.4 Å².